The van der Waals surface area contributed by atoms with E-state index in [1.165, 1.54) is 0 Å². The van der Waals surface area contributed by atoms with E-state index in [9.17, 15) is 10.2 Å². The number of hydrogen-bond donors (Lipinski definition) is 3. The first-order valence-corrected chi connectivity index (χ1v) is 9.49. The van der Waals surface area contributed by atoms with Gasteiger partial charge in [0.1, 0.15) is 11.9 Å². The van der Waals surface area contributed by atoms with E-state index in [0.717, 1.165) is 10.0 Å². The molecule has 0 saturated heterocycles. The van der Waals surface area contributed by atoms with Crippen LogP contribution in [0.1, 0.15) is 22.8 Å². The van der Waals surface area contributed by atoms with Crippen molar-refractivity contribution in [2.24, 2.45) is 0 Å². The van der Waals surface area contributed by atoms with Crippen LogP contribution in [-0.4, -0.2) is 48.4 Å². The molecule has 0 heterocycles. The number of aliphatic hydroxyl groups excluding tert-OH is 2. The van der Waals surface area contributed by atoms with Crippen LogP contribution in [0.5, 0.6) is 5.75 Å². The second-order valence-electron chi connectivity index (χ2n) is 5.85. The average Bonchev–Trinajstić information content (AvgIpc) is 2.69. The van der Waals surface area contributed by atoms with E-state index in [2.05, 4.69) is 15.9 Å². The standard InChI is InChI=1S/C20H25BrO6/c21-18-10-16(12-23)20(24)17(11-18)13-26-14-19(15-4-2-1-3-5-15)27-9-8-25-7-6-22/h1-5,10-11,19,22-24H,6-9,12-14H2/t19-/m1/s1. The number of rotatable bonds is 12. The highest BCUT2D eigenvalue weighted by Crippen LogP contribution is 2.28. The molecule has 0 fully saturated rings. The molecule has 2 aromatic carbocycles. The molecular formula is C20H25BrO6. The first kappa shape index (κ1) is 21.8. The zero-order valence-electron chi connectivity index (χ0n) is 15.0. The Morgan fingerprint density at radius 3 is 2.37 bits per heavy atom. The topological polar surface area (TPSA) is 88.4 Å². The van der Waals surface area contributed by atoms with Crippen LogP contribution >= 0.6 is 15.9 Å². The second-order valence-corrected chi connectivity index (χ2v) is 6.77. The summed E-state index contributed by atoms with van der Waals surface area (Å²) in [5, 5.41) is 28.2. The van der Waals surface area contributed by atoms with Crippen molar-refractivity contribution in [2.75, 3.05) is 33.0 Å². The Labute approximate surface area is 167 Å². The fourth-order valence-electron chi connectivity index (χ4n) is 2.55. The maximum absolute atomic E-state index is 10.2. The minimum Gasteiger partial charge on any atom is -0.507 e. The van der Waals surface area contributed by atoms with Gasteiger partial charge in [0.15, 0.2) is 0 Å². The molecule has 148 valence electrons. The molecule has 0 aromatic heterocycles. The summed E-state index contributed by atoms with van der Waals surface area (Å²) in [6.07, 6.45) is -0.282. The van der Waals surface area contributed by atoms with Crippen molar-refractivity contribution >= 4 is 15.9 Å². The van der Waals surface area contributed by atoms with Crippen LogP contribution in [0, 0.1) is 0 Å². The summed E-state index contributed by atoms with van der Waals surface area (Å²) < 4.78 is 17.6. The summed E-state index contributed by atoms with van der Waals surface area (Å²) in [7, 11) is 0. The molecule has 0 aliphatic heterocycles. The fraction of sp³-hybridized carbons (Fsp3) is 0.400. The molecule has 7 heteroatoms. The van der Waals surface area contributed by atoms with E-state index in [1.807, 2.05) is 30.3 Å². The van der Waals surface area contributed by atoms with E-state index in [4.69, 9.17) is 19.3 Å². The first-order valence-electron chi connectivity index (χ1n) is 8.69. The monoisotopic (exact) mass is 440 g/mol. The van der Waals surface area contributed by atoms with Gasteiger partial charge in [-0.2, -0.15) is 0 Å². The number of hydrogen-bond acceptors (Lipinski definition) is 6. The molecule has 0 amide bonds. The fourth-order valence-corrected chi connectivity index (χ4v) is 3.10. The van der Waals surface area contributed by atoms with Crippen molar-refractivity contribution in [1.82, 2.24) is 0 Å². The maximum atomic E-state index is 10.2. The summed E-state index contributed by atoms with van der Waals surface area (Å²) in [6, 6.07) is 13.1. The van der Waals surface area contributed by atoms with Gasteiger partial charge in [0.25, 0.3) is 0 Å². The van der Waals surface area contributed by atoms with Crippen molar-refractivity contribution in [3.63, 3.8) is 0 Å². The molecule has 0 unspecified atom stereocenters. The third kappa shape index (κ3) is 7.21. The number of aromatic hydroxyl groups is 1. The molecule has 2 aromatic rings. The molecule has 27 heavy (non-hydrogen) atoms. The minimum absolute atomic E-state index is 0.0167. The lowest BCUT2D eigenvalue weighted by Crippen LogP contribution is -2.16. The van der Waals surface area contributed by atoms with E-state index in [0.29, 0.717) is 30.9 Å². The van der Waals surface area contributed by atoms with Crippen molar-refractivity contribution in [1.29, 1.82) is 0 Å². The molecular weight excluding hydrogens is 416 g/mol. The number of halogens is 1. The van der Waals surface area contributed by atoms with Crippen molar-refractivity contribution in [2.45, 2.75) is 19.3 Å². The molecule has 0 aliphatic carbocycles. The lowest BCUT2D eigenvalue weighted by Gasteiger charge is -2.19. The third-order valence-corrected chi connectivity index (χ3v) is 4.34. The molecule has 3 N–H and O–H groups in total. The highest BCUT2D eigenvalue weighted by molar-refractivity contribution is 9.10. The lowest BCUT2D eigenvalue weighted by atomic mass is 10.1. The quantitative estimate of drug-likeness (QED) is 0.439. The molecule has 0 bridgehead atoms. The molecule has 6 nitrogen and oxygen atoms in total. The van der Waals surface area contributed by atoms with Gasteiger partial charge in [0.05, 0.1) is 46.2 Å². The smallest absolute Gasteiger partial charge is 0.126 e. The van der Waals surface area contributed by atoms with Gasteiger partial charge in [-0.3, -0.25) is 0 Å². The van der Waals surface area contributed by atoms with Gasteiger partial charge in [-0.25, -0.2) is 0 Å². The summed E-state index contributed by atoms with van der Waals surface area (Å²) in [5.74, 6) is 0.0373. The Morgan fingerprint density at radius 2 is 1.67 bits per heavy atom. The van der Waals surface area contributed by atoms with Crippen LogP contribution < -0.4 is 0 Å². The molecule has 0 radical (unpaired) electrons. The van der Waals surface area contributed by atoms with Crippen LogP contribution in [0.25, 0.3) is 0 Å². The van der Waals surface area contributed by atoms with Crippen LogP contribution in [0.15, 0.2) is 46.9 Å². The highest BCUT2D eigenvalue weighted by Gasteiger charge is 2.14. The summed E-state index contributed by atoms with van der Waals surface area (Å²) in [6.45, 7) is 1.26. The number of aliphatic hydroxyl groups is 2. The Bertz CT molecular complexity index is 680. The summed E-state index contributed by atoms with van der Waals surface area (Å²) in [4.78, 5) is 0. The highest BCUT2D eigenvalue weighted by atomic mass is 79.9. The van der Waals surface area contributed by atoms with Gasteiger partial charge >= 0.3 is 0 Å². The average molecular weight is 441 g/mol. The van der Waals surface area contributed by atoms with Crippen LogP contribution in [0.4, 0.5) is 0 Å². The van der Waals surface area contributed by atoms with E-state index >= 15 is 0 Å². The van der Waals surface area contributed by atoms with E-state index in [1.54, 1.807) is 12.1 Å². The predicted molar refractivity (Wildman–Crippen MR) is 104 cm³/mol. The zero-order valence-corrected chi connectivity index (χ0v) is 16.6. The van der Waals surface area contributed by atoms with Crippen molar-refractivity contribution in [3.8, 4) is 5.75 Å². The van der Waals surface area contributed by atoms with Crippen LogP contribution in [0.2, 0.25) is 0 Å². The SMILES string of the molecule is OCCOCCO[C@H](COCc1cc(Br)cc(CO)c1O)c1ccccc1. The molecule has 0 aliphatic rings. The van der Waals surface area contributed by atoms with Gasteiger partial charge in [-0.05, 0) is 17.7 Å². The molecule has 0 saturated carbocycles. The lowest BCUT2D eigenvalue weighted by molar-refractivity contribution is -0.0461. The van der Waals surface area contributed by atoms with Gasteiger partial charge < -0.3 is 29.5 Å². The van der Waals surface area contributed by atoms with Crippen molar-refractivity contribution in [3.05, 3.63) is 63.6 Å². The van der Waals surface area contributed by atoms with Gasteiger partial charge in [0.2, 0.25) is 0 Å². The number of ether oxygens (including phenoxy) is 3. The largest absolute Gasteiger partial charge is 0.507 e. The molecule has 1 atom stereocenters. The summed E-state index contributed by atoms with van der Waals surface area (Å²) >= 11 is 3.37. The van der Waals surface area contributed by atoms with Crippen LogP contribution in [0.3, 0.4) is 0 Å². The van der Waals surface area contributed by atoms with E-state index < -0.39 is 0 Å². The minimum atomic E-state index is -0.282. The predicted octanol–water partition coefficient (Wildman–Crippen LogP) is 2.93. The zero-order chi connectivity index (χ0) is 19.5. The van der Waals surface area contributed by atoms with Gasteiger partial charge in [-0.1, -0.05) is 46.3 Å². The Hall–Kier alpha value is -1.48. The third-order valence-electron chi connectivity index (χ3n) is 3.88. The van der Waals surface area contributed by atoms with Crippen LogP contribution in [-0.2, 0) is 27.4 Å². The second kappa shape index (κ2) is 12.1. The summed E-state index contributed by atoms with van der Waals surface area (Å²) in [5.41, 5.74) is 2.01. The number of benzene rings is 2. The maximum Gasteiger partial charge on any atom is 0.126 e. The Balaban J connectivity index is 1.94. The van der Waals surface area contributed by atoms with Crippen molar-refractivity contribution < 1.29 is 29.5 Å². The first-order chi connectivity index (χ1) is 13.2. The molecule has 0 spiro atoms. The Morgan fingerprint density at radius 1 is 0.926 bits per heavy atom. The van der Waals surface area contributed by atoms with Gasteiger partial charge in [-0.15, -0.1) is 0 Å². The number of phenols is 1. The van der Waals surface area contributed by atoms with Gasteiger partial charge in [0, 0.05) is 15.6 Å². The molecule has 2 rings (SSSR count). The van der Waals surface area contributed by atoms with E-state index in [-0.39, 0.29) is 38.3 Å². The normalized spacial score (nSPS) is 12.3. The Kier molecular flexibility index (Phi) is 9.75.